The fourth-order valence-electron chi connectivity index (χ4n) is 0.820. The van der Waals surface area contributed by atoms with E-state index in [-0.39, 0.29) is 17.6 Å². The van der Waals surface area contributed by atoms with Crippen LogP contribution >= 0.6 is 42.6 Å². The SMILES string of the molecule is C[C@H](CCl)OP(=O)(O[C@H](C)CCl)O[C@@H](C)CCl. The molecule has 0 aromatic carbocycles. The summed E-state index contributed by atoms with van der Waals surface area (Å²) in [5, 5.41) is 0. The van der Waals surface area contributed by atoms with Crippen LogP contribution in [0.4, 0.5) is 0 Å². The van der Waals surface area contributed by atoms with Gasteiger partial charge in [-0.2, -0.15) is 0 Å². The van der Waals surface area contributed by atoms with Crippen molar-refractivity contribution < 1.29 is 18.1 Å². The van der Waals surface area contributed by atoms with E-state index in [0.717, 1.165) is 0 Å². The fourth-order valence-corrected chi connectivity index (χ4v) is 2.97. The van der Waals surface area contributed by atoms with E-state index in [1.165, 1.54) is 0 Å². The van der Waals surface area contributed by atoms with Gasteiger partial charge >= 0.3 is 7.82 Å². The molecule has 3 atom stereocenters. The molecule has 0 spiro atoms. The molecule has 0 saturated heterocycles. The van der Waals surface area contributed by atoms with E-state index in [2.05, 4.69) is 0 Å². The summed E-state index contributed by atoms with van der Waals surface area (Å²) in [6.07, 6.45) is -1.35. The summed E-state index contributed by atoms with van der Waals surface area (Å²) in [5.41, 5.74) is 0. The van der Waals surface area contributed by atoms with Crippen LogP contribution in [0.25, 0.3) is 0 Å². The lowest BCUT2D eigenvalue weighted by atomic mass is 10.5. The fraction of sp³-hybridized carbons (Fsp3) is 1.00. The largest absolute Gasteiger partial charge is 0.475 e. The zero-order valence-corrected chi connectivity index (χ0v) is 13.2. The van der Waals surface area contributed by atoms with Crippen LogP contribution in [0.3, 0.4) is 0 Å². The maximum Gasteiger partial charge on any atom is 0.475 e. The van der Waals surface area contributed by atoms with Crippen LogP contribution in [0.5, 0.6) is 0 Å². The monoisotopic (exact) mass is 326 g/mol. The molecule has 0 N–H and O–H groups in total. The summed E-state index contributed by atoms with van der Waals surface area (Å²) in [6.45, 7) is 5.01. The Labute approximate surface area is 117 Å². The highest BCUT2D eigenvalue weighted by Crippen LogP contribution is 2.52. The van der Waals surface area contributed by atoms with E-state index in [4.69, 9.17) is 48.4 Å². The van der Waals surface area contributed by atoms with Crippen molar-refractivity contribution in [3.8, 4) is 0 Å². The number of hydrogen-bond acceptors (Lipinski definition) is 4. The van der Waals surface area contributed by atoms with E-state index in [0.29, 0.717) is 0 Å². The normalized spacial score (nSPS) is 17.8. The molecule has 0 heterocycles. The molecule has 8 heteroatoms. The summed E-state index contributed by atoms with van der Waals surface area (Å²) in [7, 11) is -3.69. The highest BCUT2D eigenvalue weighted by molar-refractivity contribution is 7.48. The van der Waals surface area contributed by atoms with Crippen LogP contribution < -0.4 is 0 Å². The summed E-state index contributed by atoms with van der Waals surface area (Å²) in [5.74, 6) is 0.545. The smallest absolute Gasteiger partial charge is 0.283 e. The van der Waals surface area contributed by atoms with Crippen molar-refractivity contribution in [2.24, 2.45) is 0 Å². The van der Waals surface area contributed by atoms with E-state index < -0.39 is 26.1 Å². The average Bonchev–Trinajstić information content (AvgIpc) is 2.27. The molecule has 4 nitrogen and oxygen atoms in total. The Morgan fingerprint density at radius 1 is 0.824 bits per heavy atom. The molecule has 17 heavy (non-hydrogen) atoms. The van der Waals surface area contributed by atoms with Gasteiger partial charge in [-0.25, -0.2) is 4.57 Å². The third-order valence-electron chi connectivity index (χ3n) is 1.58. The van der Waals surface area contributed by atoms with E-state index in [9.17, 15) is 4.57 Å². The number of phosphoric acid groups is 1. The van der Waals surface area contributed by atoms with Gasteiger partial charge < -0.3 is 0 Å². The van der Waals surface area contributed by atoms with Gasteiger partial charge in [-0.3, -0.25) is 13.6 Å². The van der Waals surface area contributed by atoms with Gasteiger partial charge in [0.05, 0.1) is 18.3 Å². The van der Waals surface area contributed by atoms with Crippen LogP contribution in [0, 0.1) is 0 Å². The van der Waals surface area contributed by atoms with Crippen LogP contribution in [-0.2, 0) is 18.1 Å². The maximum atomic E-state index is 12.3. The molecule has 0 amide bonds. The summed E-state index contributed by atoms with van der Waals surface area (Å²) in [4.78, 5) is 0. The number of hydrogen-bond donors (Lipinski definition) is 0. The van der Waals surface area contributed by atoms with Crippen LogP contribution in [0.2, 0.25) is 0 Å². The molecule has 0 aromatic heterocycles. The van der Waals surface area contributed by atoms with Gasteiger partial charge in [-0.15, -0.1) is 34.8 Å². The summed E-state index contributed by atoms with van der Waals surface area (Å²) < 4.78 is 27.9. The molecule has 0 radical (unpaired) electrons. The van der Waals surface area contributed by atoms with Crippen molar-refractivity contribution in [1.29, 1.82) is 0 Å². The predicted molar refractivity (Wildman–Crippen MR) is 71.4 cm³/mol. The van der Waals surface area contributed by atoms with Gasteiger partial charge in [0.1, 0.15) is 0 Å². The second-order valence-electron chi connectivity index (χ2n) is 3.66. The van der Waals surface area contributed by atoms with Crippen LogP contribution in [0.15, 0.2) is 0 Å². The Morgan fingerprint density at radius 2 is 1.06 bits per heavy atom. The van der Waals surface area contributed by atoms with Crippen molar-refractivity contribution in [1.82, 2.24) is 0 Å². The maximum absolute atomic E-state index is 12.3. The lowest BCUT2D eigenvalue weighted by Crippen LogP contribution is -2.19. The first-order valence-electron chi connectivity index (χ1n) is 5.20. The molecule has 0 rings (SSSR count). The van der Waals surface area contributed by atoms with Gasteiger partial charge in [0.2, 0.25) is 0 Å². The van der Waals surface area contributed by atoms with Crippen molar-refractivity contribution in [3.05, 3.63) is 0 Å². The molecule has 0 aromatic rings. The van der Waals surface area contributed by atoms with Gasteiger partial charge in [0.15, 0.2) is 0 Å². The topological polar surface area (TPSA) is 44.8 Å². The molecule has 0 saturated carbocycles. The molecule has 104 valence electrons. The molecule has 0 unspecified atom stereocenters. The first-order chi connectivity index (χ1) is 7.86. The molecule has 0 bridgehead atoms. The van der Waals surface area contributed by atoms with Crippen molar-refractivity contribution >= 4 is 42.6 Å². The minimum absolute atomic E-state index is 0.182. The second-order valence-corrected chi connectivity index (χ2v) is 6.11. The van der Waals surface area contributed by atoms with Crippen LogP contribution in [0.1, 0.15) is 20.8 Å². The zero-order chi connectivity index (χ0) is 13.5. The van der Waals surface area contributed by atoms with Gasteiger partial charge in [-0.1, -0.05) is 0 Å². The Hall–Kier alpha value is 0.980. The third kappa shape index (κ3) is 7.89. The third-order valence-corrected chi connectivity index (χ3v) is 4.74. The highest BCUT2D eigenvalue weighted by atomic mass is 35.5. The van der Waals surface area contributed by atoms with Gasteiger partial charge in [0, 0.05) is 17.6 Å². The molecule has 0 aliphatic carbocycles. The standard InChI is InChI=1S/C9H18Cl3O4P/c1-7(4-10)14-17(13,15-8(2)5-11)16-9(3)6-12/h7-9H,4-6H2,1-3H3/t7-,8-,9+/m1/s1. The quantitative estimate of drug-likeness (QED) is 0.474. The minimum atomic E-state index is -3.69. The zero-order valence-electron chi connectivity index (χ0n) is 10.1. The Morgan fingerprint density at radius 3 is 1.24 bits per heavy atom. The first-order valence-corrected chi connectivity index (χ1v) is 8.26. The lowest BCUT2D eigenvalue weighted by molar-refractivity contribution is 0.0583. The van der Waals surface area contributed by atoms with Crippen molar-refractivity contribution in [2.75, 3.05) is 17.6 Å². The second kappa shape index (κ2) is 8.98. The molecular weight excluding hydrogens is 309 g/mol. The lowest BCUT2D eigenvalue weighted by Gasteiger charge is -2.25. The van der Waals surface area contributed by atoms with E-state index in [1.54, 1.807) is 20.8 Å². The van der Waals surface area contributed by atoms with Crippen LogP contribution in [-0.4, -0.2) is 36.0 Å². The van der Waals surface area contributed by atoms with Crippen molar-refractivity contribution in [3.63, 3.8) is 0 Å². The number of rotatable bonds is 9. The first kappa shape index (κ1) is 18.0. The van der Waals surface area contributed by atoms with Gasteiger partial charge in [-0.05, 0) is 20.8 Å². The molecule has 0 aliphatic heterocycles. The molecular formula is C9H18Cl3O4P. The van der Waals surface area contributed by atoms with Crippen molar-refractivity contribution in [2.45, 2.75) is 39.1 Å². The highest BCUT2D eigenvalue weighted by Gasteiger charge is 2.33. The Kier molecular flexibility index (Phi) is 9.49. The average molecular weight is 328 g/mol. The minimum Gasteiger partial charge on any atom is -0.283 e. The van der Waals surface area contributed by atoms with E-state index >= 15 is 0 Å². The number of phosphoric ester groups is 1. The van der Waals surface area contributed by atoms with Gasteiger partial charge in [0.25, 0.3) is 0 Å². The number of alkyl halides is 3. The summed E-state index contributed by atoms with van der Waals surface area (Å²) >= 11 is 16.8. The molecule has 0 fully saturated rings. The summed E-state index contributed by atoms with van der Waals surface area (Å²) in [6, 6.07) is 0. The molecule has 0 aliphatic rings. The Balaban J connectivity index is 4.62. The predicted octanol–water partition coefficient (Wildman–Crippen LogP) is 4.03. The van der Waals surface area contributed by atoms with E-state index in [1.807, 2.05) is 0 Å². The Bertz CT molecular complexity index is 216. The number of halogens is 3.